The lowest BCUT2D eigenvalue weighted by molar-refractivity contribution is 0.0528. The van der Waals surface area contributed by atoms with Crippen LogP contribution < -0.4 is 10.6 Å². The highest BCUT2D eigenvalue weighted by Gasteiger charge is 2.15. The highest BCUT2D eigenvalue weighted by Crippen LogP contribution is 2.06. The number of rotatable bonds is 6. The van der Waals surface area contributed by atoms with E-state index in [0.29, 0.717) is 13.1 Å². The van der Waals surface area contributed by atoms with Gasteiger partial charge in [0.05, 0.1) is 0 Å². The molecule has 1 aromatic carbocycles. The van der Waals surface area contributed by atoms with Gasteiger partial charge in [0.2, 0.25) is 0 Å². The van der Waals surface area contributed by atoms with Crippen molar-refractivity contribution in [1.29, 1.82) is 0 Å². The Bertz CT molecular complexity index is 441. The fraction of sp³-hybridized carbons (Fsp3) is 0.562. The van der Waals surface area contributed by atoms with Crippen LogP contribution in [0.25, 0.3) is 0 Å². The summed E-state index contributed by atoms with van der Waals surface area (Å²) in [7, 11) is 0. The van der Waals surface area contributed by atoms with Gasteiger partial charge in [0.1, 0.15) is 11.4 Å². The molecule has 1 rings (SSSR count). The summed E-state index contributed by atoms with van der Waals surface area (Å²) in [6.07, 6.45) is 0.405. The largest absolute Gasteiger partial charge is 0.444 e. The topological polar surface area (TPSA) is 50.4 Å². The van der Waals surface area contributed by atoms with E-state index in [1.54, 1.807) is 12.1 Å². The summed E-state index contributed by atoms with van der Waals surface area (Å²) in [5.41, 5.74) is 0.601. The quantitative estimate of drug-likeness (QED) is 0.794. The van der Waals surface area contributed by atoms with Gasteiger partial charge in [0.15, 0.2) is 0 Å². The molecule has 5 heteroatoms. The van der Waals surface area contributed by atoms with Gasteiger partial charge in [0, 0.05) is 19.1 Å². The third kappa shape index (κ3) is 8.30. The Hall–Kier alpha value is -1.62. The van der Waals surface area contributed by atoms with E-state index in [1.807, 2.05) is 20.8 Å². The third-order valence-electron chi connectivity index (χ3n) is 2.74. The standard InChI is InChI=1S/C16H25FN2O2/c1-12(11-13-5-7-14(17)8-6-13)18-9-10-19-15(20)21-16(2,3)4/h5-8,12,18H,9-11H2,1-4H3,(H,19,20). The number of carbonyl (C=O) groups excluding carboxylic acids is 1. The van der Waals surface area contributed by atoms with Gasteiger partial charge >= 0.3 is 6.09 Å². The number of amides is 1. The zero-order chi connectivity index (χ0) is 15.9. The summed E-state index contributed by atoms with van der Waals surface area (Å²) in [6, 6.07) is 6.74. The highest BCUT2D eigenvalue weighted by molar-refractivity contribution is 5.67. The fourth-order valence-corrected chi connectivity index (χ4v) is 1.84. The van der Waals surface area contributed by atoms with Crippen molar-refractivity contribution in [2.45, 2.75) is 45.8 Å². The Morgan fingerprint density at radius 3 is 2.43 bits per heavy atom. The fourth-order valence-electron chi connectivity index (χ4n) is 1.84. The first kappa shape index (κ1) is 17.4. The molecule has 0 heterocycles. The van der Waals surface area contributed by atoms with Crippen molar-refractivity contribution in [1.82, 2.24) is 10.6 Å². The van der Waals surface area contributed by atoms with Crippen LogP contribution >= 0.6 is 0 Å². The molecule has 1 amide bonds. The maximum atomic E-state index is 12.8. The predicted molar refractivity (Wildman–Crippen MR) is 81.8 cm³/mol. The first-order valence-electron chi connectivity index (χ1n) is 7.21. The summed E-state index contributed by atoms with van der Waals surface area (Å²) < 4.78 is 17.9. The molecule has 1 unspecified atom stereocenters. The Labute approximate surface area is 126 Å². The van der Waals surface area contributed by atoms with Crippen molar-refractivity contribution >= 4 is 6.09 Å². The van der Waals surface area contributed by atoms with E-state index in [2.05, 4.69) is 17.6 Å². The van der Waals surface area contributed by atoms with Crippen molar-refractivity contribution in [3.8, 4) is 0 Å². The monoisotopic (exact) mass is 296 g/mol. The van der Waals surface area contributed by atoms with Gasteiger partial charge < -0.3 is 15.4 Å². The van der Waals surface area contributed by atoms with E-state index in [1.165, 1.54) is 12.1 Å². The summed E-state index contributed by atoms with van der Waals surface area (Å²) in [6.45, 7) is 8.70. The van der Waals surface area contributed by atoms with Crippen LogP contribution in [0.2, 0.25) is 0 Å². The minimum Gasteiger partial charge on any atom is -0.444 e. The number of ether oxygens (including phenoxy) is 1. The van der Waals surface area contributed by atoms with E-state index in [9.17, 15) is 9.18 Å². The van der Waals surface area contributed by atoms with E-state index >= 15 is 0 Å². The average molecular weight is 296 g/mol. The van der Waals surface area contributed by atoms with E-state index in [4.69, 9.17) is 4.74 Å². The van der Waals surface area contributed by atoms with Gasteiger partial charge in [-0.05, 0) is 51.8 Å². The normalized spacial score (nSPS) is 12.8. The molecular weight excluding hydrogens is 271 g/mol. The summed E-state index contributed by atoms with van der Waals surface area (Å²) in [5.74, 6) is -0.221. The van der Waals surface area contributed by atoms with Crippen LogP contribution in [0, 0.1) is 5.82 Å². The molecule has 0 radical (unpaired) electrons. The number of hydrogen-bond acceptors (Lipinski definition) is 3. The first-order chi connectivity index (χ1) is 9.76. The van der Waals surface area contributed by atoms with Gasteiger partial charge in [0.25, 0.3) is 0 Å². The molecule has 1 atom stereocenters. The van der Waals surface area contributed by atoms with Crippen LogP contribution in [0.15, 0.2) is 24.3 Å². The number of hydrogen-bond donors (Lipinski definition) is 2. The first-order valence-corrected chi connectivity index (χ1v) is 7.21. The van der Waals surface area contributed by atoms with Gasteiger partial charge in [-0.1, -0.05) is 12.1 Å². The molecule has 0 saturated heterocycles. The van der Waals surface area contributed by atoms with Crippen LogP contribution in [0.5, 0.6) is 0 Å². The Kier molecular flexibility index (Phi) is 6.62. The van der Waals surface area contributed by atoms with Crippen molar-refractivity contribution in [2.24, 2.45) is 0 Å². The molecule has 0 bridgehead atoms. The van der Waals surface area contributed by atoms with Crippen LogP contribution in [-0.4, -0.2) is 30.8 Å². The zero-order valence-electron chi connectivity index (χ0n) is 13.2. The second-order valence-corrected chi connectivity index (χ2v) is 6.11. The summed E-state index contributed by atoms with van der Waals surface area (Å²) >= 11 is 0. The summed E-state index contributed by atoms with van der Waals surface area (Å²) in [4.78, 5) is 11.4. The summed E-state index contributed by atoms with van der Waals surface area (Å²) in [5, 5.41) is 5.99. The van der Waals surface area contributed by atoms with Crippen LogP contribution in [0.1, 0.15) is 33.3 Å². The molecule has 1 aromatic rings. The zero-order valence-corrected chi connectivity index (χ0v) is 13.2. The molecule has 0 saturated carbocycles. The Balaban J connectivity index is 2.17. The maximum Gasteiger partial charge on any atom is 0.407 e. The average Bonchev–Trinajstić information content (AvgIpc) is 2.35. The lowest BCUT2D eigenvalue weighted by Gasteiger charge is -2.20. The third-order valence-corrected chi connectivity index (χ3v) is 2.74. The van der Waals surface area contributed by atoms with Crippen molar-refractivity contribution in [2.75, 3.05) is 13.1 Å². The molecule has 0 aromatic heterocycles. The van der Waals surface area contributed by atoms with Crippen molar-refractivity contribution < 1.29 is 13.9 Å². The Morgan fingerprint density at radius 2 is 1.86 bits per heavy atom. The number of carbonyl (C=O) groups is 1. The van der Waals surface area contributed by atoms with Gasteiger partial charge in [-0.3, -0.25) is 0 Å². The number of benzene rings is 1. The smallest absolute Gasteiger partial charge is 0.407 e. The predicted octanol–water partition coefficient (Wildman–Crippen LogP) is 2.87. The second-order valence-electron chi connectivity index (χ2n) is 6.11. The van der Waals surface area contributed by atoms with Crippen molar-refractivity contribution in [3.63, 3.8) is 0 Å². The number of alkyl carbamates (subject to hydrolysis) is 1. The molecular formula is C16H25FN2O2. The minimum absolute atomic E-state index is 0.221. The van der Waals surface area contributed by atoms with Crippen LogP contribution in [0.4, 0.5) is 9.18 Å². The number of nitrogens with one attached hydrogen (secondary N) is 2. The minimum atomic E-state index is -0.479. The Morgan fingerprint density at radius 1 is 1.24 bits per heavy atom. The number of halogens is 1. The van der Waals surface area contributed by atoms with Crippen LogP contribution in [-0.2, 0) is 11.2 Å². The molecule has 0 fully saturated rings. The molecule has 118 valence electrons. The molecule has 0 aliphatic rings. The molecule has 21 heavy (non-hydrogen) atoms. The highest BCUT2D eigenvalue weighted by atomic mass is 19.1. The van der Waals surface area contributed by atoms with Gasteiger partial charge in [-0.25, -0.2) is 9.18 Å². The van der Waals surface area contributed by atoms with E-state index in [0.717, 1.165) is 12.0 Å². The molecule has 0 aliphatic heterocycles. The van der Waals surface area contributed by atoms with Gasteiger partial charge in [-0.2, -0.15) is 0 Å². The van der Waals surface area contributed by atoms with Crippen molar-refractivity contribution in [3.05, 3.63) is 35.6 Å². The van der Waals surface area contributed by atoms with Crippen LogP contribution in [0.3, 0.4) is 0 Å². The molecule has 2 N–H and O–H groups in total. The van der Waals surface area contributed by atoms with Gasteiger partial charge in [-0.15, -0.1) is 0 Å². The van der Waals surface area contributed by atoms with E-state index in [-0.39, 0.29) is 11.9 Å². The van der Waals surface area contributed by atoms with E-state index < -0.39 is 11.7 Å². The molecule has 0 spiro atoms. The lowest BCUT2D eigenvalue weighted by Crippen LogP contribution is -2.39. The SMILES string of the molecule is CC(Cc1ccc(F)cc1)NCCNC(=O)OC(C)(C)C. The maximum absolute atomic E-state index is 12.8. The lowest BCUT2D eigenvalue weighted by atomic mass is 10.1. The molecule has 0 aliphatic carbocycles. The molecule has 4 nitrogen and oxygen atoms in total. The second kappa shape index (κ2) is 7.98.